The Kier molecular flexibility index (Phi) is 2.91. The maximum Gasteiger partial charge on any atom is 0.162 e. The highest BCUT2D eigenvalue weighted by molar-refractivity contribution is 7.35. The van der Waals surface area contributed by atoms with E-state index in [0.717, 1.165) is 16.6 Å². The van der Waals surface area contributed by atoms with Crippen molar-refractivity contribution in [3.05, 3.63) is 23.0 Å². The van der Waals surface area contributed by atoms with Gasteiger partial charge in [-0.3, -0.25) is 0 Å². The van der Waals surface area contributed by atoms with Gasteiger partial charge in [0.05, 0.1) is 22.5 Å². The molecule has 0 aliphatic heterocycles. The van der Waals surface area contributed by atoms with E-state index in [4.69, 9.17) is 23.2 Å². The van der Waals surface area contributed by atoms with E-state index in [0.29, 0.717) is 19.6 Å². The minimum Gasteiger partial charge on any atom is -0.236 e. The second-order valence-corrected chi connectivity index (χ2v) is 4.26. The molecule has 14 heavy (non-hydrogen) atoms. The van der Waals surface area contributed by atoms with Crippen LogP contribution < -0.4 is 0 Å². The first-order valence-electron chi connectivity index (χ1n) is 4.02. The van der Waals surface area contributed by atoms with Crippen LogP contribution in [0.25, 0.3) is 11.0 Å². The van der Waals surface area contributed by atoms with Gasteiger partial charge in [-0.15, -0.1) is 11.6 Å². The van der Waals surface area contributed by atoms with E-state index in [1.54, 1.807) is 12.4 Å². The van der Waals surface area contributed by atoms with Crippen molar-refractivity contribution in [3.63, 3.8) is 0 Å². The SMILES string of the molecule is CPn1ncc2c(Cl)c(CCl)cnc21. The minimum atomic E-state index is 0.376. The van der Waals surface area contributed by atoms with Crippen molar-refractivity contribution >= 4 is 43.0 Å². The lowest BCUT2D eigenvalue weighted by Crippen LogP contribution is -1.89. The Morgan fingerprint density at radius 2 is 2.29 bits per heavy atom. The lowest BCUT2D eigenvalue weighted by molar-refractivity contribution is 1.01. The summed E-state index contributed by atoms with van der Waals surface area (Å²) in [5.41, 5.74) is 1.67. The fourth-order valence-electron chi connectivity index (χ4n) is 1.25. The van der Waals surface area contributed by atoms with Gasteiger partial charge in [0.25, 0.3) is 0 Å². The van der Waals surface area contributed by atoms with Crippen LogP contribution in [0.2, 0.25) is 5.02 Å². The van der Waals surface area contributed by atoms with Crippen LogP contribution in [-0.4, -0.2) is 21.2 Å². The van der Waals surface area contributed by atoms with Gasteiger partial charge in [0.1, 0.15) is 0 Å². The third-order valence-electron chi connectivity index (χ3n) is 1.96. The van der Waals surface area contributed by atoms with Gasteiger partial charge in [0, 0.05) is 20.5 Å². The highest BCUT2D eigenvalue weighted by Crippen LogP contribution is 2.28. The predicted octanol–water partition coefficient (Wildman–Crippen LogP) is 2.89. The summed E-state index contributed by atoms with van der Waals surface area (Å²) in [6, 6.07) is 0. The normalized spacial score (nSPS) is 11.9. The zero-order valence-corrected chi connectivity index (χ0v) is 9.97. The number of hydrogen-bond acceptors (Lipinski definition) is 2. The number of nitrogens with zero attached hydrogens (tertiary/aromatic N) is 3. The Labute approximate surface area is 93.2 Å². The smallest absolute Gasteiger partial charge is 0.162 e. The van der Waals surface area contributed by atoms with Gasteiger partial charge >= 0.3 is 0 Å². The van der Waals surface area contributed by atoms with Crippen LogP contribution in [0.4, 0.5) is 0 Å². The number of pyridine rings is 1. The van der Waals surface area contributed by atoms with Crippen LogP contribution in [0.5, 0.6) is 0 Å². The van der Waals surface area contributed by atoms with Crippen LogP contribution >= 0.6 is 31.9 Å². The molecule has 0 aromatic carbocycles. The number of alkyl halides is 1. The van der Waals surface area contributed by atoms with Crippen LogP contribution in [0.3, 0.4) is 0 Å². The first-order chi connectivity index (χ1) is 6.77. The molecule has 0 aliphatic carbocycles. The van der Waals surface area contributed by atoms with Gasteiger partial charge in [0.2, 0.25) is 0 Å². The van der Waals surface area contributed by atoms with Gasteiger partial charge in [-0.05, 0) is 6.66 Å². The standard InChI is InChI=1S/C8H8Cl2N3P/c1-14-13-8-6(4-12-13)7(10)5(2-9)3-11-8/h3-4,14H,2H2,1H3. The summed E-state index contributed by atoms with van der Waals surface area (Å²) in [6.07, 6.45) is 3.44. The van der Waals surface area contributed by atoms with Crippen molar-refractivity contribution in [2.24, 2.45) is 0 Å². The Balaban J connectivity index is 2.72. The van der Waals surface area contributed by atoms with Crippen molar-refractivity contribution in [1.82, 2.24) is 14.5 Å². The molecule has 0 spiro atoms. The first kappa shape index (κ1) is 10.2. The van der Waals surface area contributed by atoms with Crippen LogP contribution in [0.15, 0.2) is 12.4 Å². The fraction of sp³-hybridized carbons (Fsp3) is 0.250. The van der Waals surface area contributed by atoms with Crippen molar-refractivity contribution in [2.75, 3.05) is 6.66 Å². The van der Waals surface area contributed by atoms with Crippen LogP contribution in [-0.2, 0) is 5.88 Å². The van der Waals surface area contributed by atoms with Gasteiger partial charge in [-0.2, -0.15) is 5.10 Å². The molecular weight excluding hydrogens is 240 g/mol. The second kappa shape index (κ2) is 4.01. The third kappa shape index (κ3) is 1.50. The fourth-order valence-corrected chi connectivity index (χ4v) is 2.33. The maximum atomic E-state index is 6.14. The molecule has 0 saturated heterocycles. The predicted molar refractivity (Wildman–Crippen MR) is 61.7 cm³/mol. The Hall–Kier alpha value is -0.370. The number of halogens is 2. The molecule has 74 valence electrons. The molecule has 6 heteroatoms. The van der Waals surface area contributed by atoms with E-state index in [-0.39, 0.29) is 0 Å². The van der Waals surface area contributed by atoms with Crippen molar-refractivity contribution in [1.29, 1.82) is 0 Å². The van der Waals surface area contributed by atoms with Crippen molar-refractivity contribution in [2.45, 2.75) is 5.88 Å². The summed E-state index contributed by atoms with van der Waals surface area (Å²) in [4.78, 5) is 4.28. The maximum absolute atomic E-state index is 6.14. The highest BCUT2D eigenvalue weighted by Gasteiger charge is 2.09. The van der Waals surface area contributed by atoms with Gasteiger partial charge < -0.3 is 0 Å². The molecule has 0 bridgehead atoms. The van der Waals surface area contributed by atoms with E-state index in [9.17, 15) is 0 Å². The molecule has 0 saturated carbocycles. The highest BCUT2D eigenvalue weighted by atomic mass is 35.5. The molecule has 2 aromatic heterocycles. The summed E-state index contributed by atoms with van der Waals surface area (Å²) in [5.74, 6) is 0.376. The molecule has 2 aromatic rings. The summed E-state index contributed by atoms with van der Waals surface area (Å²) in [6.45, 7) is 2.04. The lowest BCUT2D eigenvalue weighted by Gasteiger charge is -2.01. The zero-order valence-electron chi connectivity index (χ0n) is 7.46. The van der Waals surface area contributed by atoms with E-state index in [1.807, 2.05) is 11.1 Å². The van der Waals surface area contributed by atoms with E-state index in [1.165, 1.54) is 0 Å². The molecule has 2 rings (SSSR count). The van der Waals surface area contributed by atoms with Crippen molar-refractivity contribution in [3.8, 4) is 0 Å². The van der Waals surface area contributed by atoms with E-state index < -0.39 is 0 Å². The summed E-state index contributed by atoms with van der Waals surface area (Å²) >= 11 is 11.9. The second-order valence-electron chi connectivity index (χ2n) is 2.75. The summed E-state index contributed by atoms with van der Waals surface area (Å²) in [5, 5.41) is 5.72. The molecule has 3 nitrogen and oxygen atoms in total. The molecular formula is C8H8Cl2N3P. The molecule has 0 N–H and O–H groups in total. The van der Waals surface area contributed by atoms with E-state index in [2.05, 4.69) is 10.1 Å². The van der Waals surface area contributed by atoms with Gasteiger partial charge in [-0.25, -0.2) is 9.44 Å². The monoisotopic (exact) mass is 247 g/mol. The quantitative estimate of drug-likeness (QED) is 0.604. The molecule has 0 amide bonds. The van der Waals surface area contributed by atoms with E-state index >= 15 is 0 Å². The lowest BCUT2D eigenvalue weighted by atomic mass is 10.2. The third-order valence-corrected chi connectivity index (χ3v) is 3.45. The average molecular weight is 248 g/mol. The Morgan fingerprint density at radius 3 is 2.93 bits per heavy atom. The largest absolute Gasteiger partial charge is 0.236 e. The Bertz CT molecular complexity index is 469. The molecule has 1 unspecified atom stereocenters. The number of aromatic nitrogens is 3. The first-order valence-corrected chi connectivity index (χ1v) is 6.38. The topological polar surface area (TPSA) is 30.7 Å². The van der Waals surface area contributed by atoms with Crippen LogP contribution in [0.1, 0.15) is 5.56 Å². The van der Waals surface area contributed by atoms with Gasteiger partial charge in [-0.1, -0.05) is 11.6 Å². The van der Waals surface area contributed by atoms with Gasteiger partial charge in [0.15, 0.2) is 5.65 Å². The number of fused-ring (bicyclic) bond motifs is 1. The molecule has 0 fully saturated rings. The Morgan fingerprint density at radius 1 is 1.50 bits per heavy atom. The molecule has 2 heterocycles. The zero-order chi connectivity index (χ0) is 10.1. The molecule has 0 radical (unpaired) electrons. The summed E-state index contributed by atoms with van der Waals surface area (Å²) in [7, 11) is 0.554. The molecule has 1 atom stereocenters. The minimum absolute atomic E-state index is 0.376. The van der Waals surface area contributed by atoms with Crippen molar-refractivity contribution < 1.29 is 0 Å². The summed E-state index contributed by atoms with van der Waals surface area (Å²) < 4.78 is 1.83. The number of rotatable bonds is 2. The van der Waals surface area contributed by atoms with Crippen LogP contribution in [0, 0.1) is 0 Å². The average Bonchev–Trinajstić information content (AvgIpc) is 2.62. The number of hydrogen-bond donors (Lipinski definition) is 0. The molecule has 0 aliphatic rings.